The molecule has 0 radical (unpaired) electrons. The molecule has 0 aliphatic heterocycles. The smallest absolute Gasteiger partial charge is 0.395 e. The highest BCUT2D eigenvalue weighted by molar-refractivity contribution is 5.99. The topological polar surface area (TPSA) is 73.4 Å². The maximum atomic E-state index is 12.3. The van der Waals surface area contributed by atoms with Crippen LogP contribution in [0.2, 0.25) is 0 Å². The van der Waals surface area contributed by atoms with Crippen LogP contribution in [0.15, 0.2) is 12.3 Å². The minimum Gasteiger partial charge on any atom is -0.395 e. The number of carbonyl (C=O) groups excluding carboxylic acids is 2. The van der Waals surface area contributed by atoms with Gasteiger partial charge in [0.25, 0.3) is 5.91 Å². The molecule has 1 aromatic rings. The van der Waals surface area contributed by atoms with Gasteiger partial charge < -0.3 is 15.0 Å². The fraction of sp³-hybridized carbons (Fsp3) is 0.455. The number of nitrogens with zero attached hydrogens (tertiary/aromatic N) is 1. The number of ketones is 1. The Morgan fingerprint density at radius 1 is 1.42 bits per heavy atom. The van der Waals surface area contributed by atoms with Crippen LogP contribution in [-0.2, 0) is 0 Å². The molecule has 0 saturated carbocycles. The molecule has 1 amide bonds. The quantitative estimate of drug-likeness (QED) is 0.795. The molecule has 0 aliphatic carbocycles. The summed E-state index contributed by atoms with van der Waals surface area (Å²) in [6, 6.07) is 1.19. The molecule has 5 nitrogen and oxygen atoms in total. The summed E-state index contributed by atoms with van der Waals surface area (Å²) in [4.78, 5) is 25.8. The van der Waals surface area contributed by atoms with E-state index in [0.29, 0.717) is 4.90 Å². The molecular weight excluding hydrogens is 265 g/mol. The van der Waals surface area contributed by atoms with Gasteiger partial charge in [-0.05, 0) is 13.0 Å². The zero-order valence-electron chi connectivity index (χ0n) is 10.1. The van der Waals surface area contributed by atoms with E-state index in [1.807, 2.05) is 0 Å². The number of rotatable bonds is 5. The van der Waals surface area contributed by atoms with Crippen molar-refractivity contribution < 1.29 is 27.9 Å². The third kappa shape index (κ3) is 4.40. The number of amides is 1. The number of aromatic nitrogens is 1. The van der Waals surface area contributed by atoms with E-state index in [4.69, 9.17) is 5.11 Å². The maximum Gasteiger partial charge on any atom is 0.406 e. The summed E-state index contributed by atoms with van der Waals surface area (Å²) in [6.07, 6.45) is -3.30. The second-order valence-corrected chi connectivity index (χ2v) is 3.92. The van der Waals surface area contributed by atoms with Gasteiger partial charge in [0.1, 0.15) is 12.2 Å². The molecule has 2 N–H and O–H groups in total. The van der Waals surface area contributed by atoms with Crippen molar-refractivity contribution in [1.82, 2.24) is 9.88 Å². The predicted molar refractivity (Wildman–Crippen MR) is 59.8 cm³/mol. The Morgan fingerprint density at radius 2 is 2.05 bits per heavy atom. The van der Waals surface area contributed by atoms with Gasteiger partial charge in [-0.15, -0.1) is 0 Å². The SMILES string of the molecule is CC(=O)c1c[nH]c(C(=O)N(CCO)CC(F)(F)F)c1. The molecule has 0 aromatic carbocycles. The summed E-state index contributed by atoms with van der Waals surface area (Å²) in [5, 5.41) is 8.70. The maximum absolute atomic E-state index is 12.3. The number of Topliss-reactive ketones (excluding diaryl/α,β-unsaturated/α-hetero) is 1. The molecule has 0 unspecified atom stereocenters. The fourth-order valence-corrected chi connectivity index (χ4v) is 1.48. The zero-order chi connectivity index (χ0) is 14.6. The van der Waals surface area contributed by atoms with E-state index in [0.717, 1.165) is 0 Å². The summed E-state index contributed by atoms with van der Waals surface area (Å²) in [5.74, 6) is -1.22. The molecule has 106 valence electrons. The Balaban J connectivity index is 2.89. The Labute approximate surface area is 107 Å². The van der Waals surface area contributed by atoms with Gasteiger partial charge in [-0.3, -0.25) is 9.59 Å². The Hall–Kier alpha value is -1.83. The summed E-state index contributed by atoms with van der Waals surface area (Å²) in [7, 11) is 0. The van der Waals surface area contributed by atoms with Crippen LogP contribution in [0, 0.1) is 0 Å². The van der Waals surface area contributed by atoms with Crippen LogP contribution in [0.3, 0.4) is 0 Å². The lowest BCUT2D eigenvalue weighted by molar-refractivity contribution is -0.141. The van der Waals surface area contributed by atoms with Gasteiger partial charge in [0.15, 0.2) is 5.78 Å². The number of halogens is 3. The fourth-order valence-electron chi connectivity index (χ4n) is 1.48. The largest absolute Gasteiger partial charge is 0.406 e. The Morgan fingerprint density at radius 3 is 2.47 bits per heavy atom. The van der Waals surface area contributed by atoms with Crippen LogP contribution >= 0.6 is 0 Å². The summed E-state index contributed by atoms with van der Waals surface area (Å²) in [5.41, 5.74) is 0.0854. The number of carbonyl (C=O) groups is 2. The lowest BCUT2D eigenvalue weighted by Crippen LogP contribution is -2.40. The first kappa shape index (κ1) is 15.2. The lowest BCUT2D eigenvalue weighted by Gasteiger charge is -2.22. The van der Waals surface area contributed by atoms with Crippen LogP contribution in [0.1, 0.15) is 27.8 Å². The molecule has 0 spiro atoms. The number of aliphatic hydroxyl groups is 1. The molecule has 19 heavy (non-hydrogen) atoms. The number of nitrogens with one attached hydrogen (secondary N) is 1. The number of aliphatic hydroxyl groups excluding tert-OH is 1. The van der Waals surface area contributed by atoms with Crippen molar-refractivity contribution in [2.24, 2.45) is 0 Å². The van der Waals surface area contributed by atoms with E-state index in [2.05, 4.69) is 4.98 Å². The number of alkyl halides is 3. The molecule has 0 bridgehead atoms. The predicted octanol–water partition coefficient (Wildman–Crippen LogP) is 1.21. The van der Waals surface area contributed by atoms with E-state index in [-0.39, 0.29) is 17.0 Å². The van der Waals surface area contributed by atoms with Crippen molar-refractivity contribution in [2.75, 3.05) is 19.7 Å². The minimum atomic E-state index is -4.55. The Kier molecular flexibility index (Phi) is 4.71. The van der Waals surface area contributed by atoms with E-state index in [1.54, 1.807) is 0 Å². The van der Waals surface area contributed by atoms with E-state index in [9.17, 15) is 22.8 Å². The van der Waals surface area contributed by atoms with Gasteiger partial charge in [0.2, 0.25) is 0 Å². The zero-order valence-corrected chi connectivity index (χ0v) is 10.1. The van der Waals surface area contributed by atoms with Gasteiger partial charge >= 0.3 is 6.18 Å². The molecular formula is C11H13F3N2O3. The standard InChI is InChI=1S/C11H13F3N2O3/c1-7(18)8-4-9(15-5-8)10(19)16(2-3-17)6-11(12,13)14/h4-5,15,17H,2-3,6H2,1H3. The molecule has 0 fully saturated rings. The van der Waals surface area contributed by atoms with E-state index >= 15 is 0 Å². The van der Waals surface area contributed by atoms with Crippen LogP contribution in [0.5, 0.6) is 0 Å². The average molecular weight is 278 g/mol. The first-order chi connectivity index (χ1) is 8.74. The van der Waals surface area contributed by atoms with Crippen molar-refractivity contribution in [3.63, 3.8) is 0 Å². The van der Waals surface area contributed by atoms with Crippen molar-refractivity contribution in [1.29, 1.82) is 0 Å². The number of aromatic amines is 1. The third-order valence-corrected chi connectivity index (χ3v) is 2.35. The highest BCUT2D eigenvalue weighted by Crippen LogP contribution is 2.18. The number of H-pyrrole nitrogens is 1. The van der Waals surface area contributed by atoms with Gasteiger partial charge in [0.05, 0.1) is 6.61 Å². The van der Waals surface area contributed by atoms with Crippen molar-refractivity contribution in [2.45, 2.75) is 13.1 Å². The van der Waals surface area contributed by atoms with E-state index < -0.39 is 31.8 Å². The third-order valence-electron chi connectivity index (χ3n) is 2.35. The molecule has 1 heterocycles. The van der Waals surface area contributed by atoms with Crippen molar-refractivity contribution >= 4 is 11.7 Å². The molecule has 0 saturated heterocycles. The highest BCUT2D eigenvalue weighted by Gasteiger charge is 2.33. The summed E-state index contributed by atoms with van der Waals surface area (Å²) in [6.45, 7) is -1.20. The molecule has 8 heteroatoms. The second kappa shape index (κ2) is 5.87. The van der Waals surface area contributed by atoms with Gasteiger partial charge in [0, 0.05) is 18.3 Å². The highest BCUT2D eigenvalue weighted by atomic mass is 19.4. The summed E-state index contributed by atoms with van der Waals surface area (Å²) >= 11 is 0. The number of hydrogen-bond donors (Lipinski definition) is 2. The van der Waals surface area contributed by atoms with Gasteiger partial charge in [-0.2, -0.15) is 13.2 Å². The lowest BCUT2D eigenvalue weighted by atomic mass is 10.2. The molecule has 1 aromatic heterocycles. The Bertz CT molecular complexity index is 468. The monoisotopic (exact) mass is 278 g/mol. The average Bonchev–Trinajstić information content (AvgIpc) is 2.75. The van der Waals surface area contributed by atoms with Gasteiger partial charge in [-0.25, -0.2) is 0 Å². The van der Waals surface area contributed by atoms with Crippen molar-refractivity contribution in [3.8, 4) is 0 Å². The second-order valence-electron chi connectivity index (χ2n) is 3.92. The first-order valence-corrected chi connectivity index (χ1v) is 5.41. The minimum absolute atomic E-state index is 0.122. The van der Waals surface area contributed by atoms with Gasteiger partial charge in [-0.1, -0.05) is 0 Å². The number of hydrogen-bond acceptors (Lipinski definition) is 3. The molecule has 0 atom stereocenters. The molecule has 1 rings (SSSR count). The first-order valence-electron chi connectivity index (χ1n) is 5.41. The van der Waals surface area contributed by atoms with Crippen LogP contribution in [0.25, 0.3) is 0 Å². The van der Waals surface area contributed by atoms with E-state index in [1.165, 1.54) is 19.2 Å². The normalized spacial score (nSPS) is 11.4. The van der Waals surface area contributed by atoms with Crippen LogP contribution in [0.4, 0.5) is 13.2 Å². The van der Waals surface area contributed by atoms with Crippen LogP contribution in [-0.4, -0.2) is 52.6 Å². The molecule has 0 aliphatic rings. The van der Waals surface area contributed by atoms with Crippen LogP contribution < -0.4 is 0 Å². The van der Waals surface area contributed by atoms with Crippen molar-refractivity contribution in [3.05, 3.63) is 23.5 Å². The summed E-state index contributed by atoms with van der Waals surface area (Å²) < 4.78 is 36.9.